The molecule has 7 heteroatoms. The first-order chi connectivity index (χ1) is 13.6. The Bertz CT molecular complexity index is 910. The first-order valence-electron chi connectivity index (χ1n) is 8.95. The second-order valence-corrected chi connectivity index (χ2v) is 6.28. The molecule has 1 atom stereocenters. The lowest BCUT2D eigenvalue weighted by molar-refractivity contribution is -0.117. The summed E-state index contributed by atoms with van der Waals surface area (Å²) in [6.45, 7) is 2.27. The number of hydrogen-bond donors (Lipinski definition) is 2. The van der Waals surface area contributed by atoms with Crippen molar-refractivity contribution in [3.05, 3.63) is 84.1 Å². The second kappa shape index (κ2) is 9.36. The molecule has 0 radical (unpaired) electrons. The molecule has 144 valence electrons. The minimum absolute atomic E-state index is 0.144. The van der Waals surface area contributed by atoms with E-state index in [2.05, 4.69) is 15.7 Å². The molecule has 7 nitrogen and oxygen atoms in total. The summed E-state index contributed by atoms with van der Waals surface area (Å²) in [4.78, 5) is 24.3. The summed E-state index contributed by atoms with van der Waals surface area (Å²) in [7, 11) is 0. The molecule has 0 saturated heterocycles. The van der Waals surface area contributed by atoms with Crippen molar-refractivity contribution in [2.45, 2.75) is 26.1 Å². The fourth-order valence-electron chi connectivity index (χ4n) is 2.56. The van der Waals surface area contributed by atoms with Crippen LogP contribution in [-0.2, 0) is 22.7 Å². The summed E-state index contributed by atoms with van der Waals surface area (Å²) in [6, 6.07) is 20.1. The van der Waals surface area contributed by atoms with Gasteiger partial charge >= 0.3 is 6.09 Å². The third kappa shape index (κ3) is 5.44. The number of carbonyl (C=O) groups excluding carboxylic acids is 2. The quantitative estimate of drug-likeness (QED) is 0.661. The highest BCUT2D eigenvalue weighted by molar-refractivity contribution is 5.95. The van der Waals surface area contributed by atoms with Crippen LogP contribution in [0.15, 0.2) is 72.9 Å². The summed E-state index contributed by atoms with van der Waals surface area (Å²) in [6.07, 6.45) is 0.967. The molecule has 0 saturated carbocycles. The predicted octanol–water partition coefficient (Wildman–Crippen LogP) is 3.18. The van der Waals surface area contributed by atoms with E-state index in [1.54, 1.807) is 23.9 Å². The molecular formula is C21H22N4O3. The van der Waals surface area contributed by atoms with Crippen LogP contribution in [0.3, 0.4) is 0 Å². The van der Waals surface area contributed by atoms with Gasteiger partial charge in [-0.3, -0.25) is 4.79 Å². The van der Waals surface area contributed by atoms with E-state index in [0.29, 0.717) is 12.4 Å². The molecule has 2 amide bonds. The molecule has 2 N–H and O–H groups in total. The summed E-state index contributed by atoms with van der Waals surface area (Å²) in [5.74, 6) is 0.201. The molecule has 0 aliphatic rings. The highest BCUT2D eigenvalue weighted by Crippen LogP contribution is 2.10. The van der Waals surface area contributed by atoms with E-state index in [1.807, 2.05) is 60.7 Å². The van der Waals surface area contributed by atoms with Gasteiger partial charge in [0.1, 0.15) is 18.5 Å². The van der Waals surface area contributed by atoms with Gasteiger partial charge in [-0.15, -0.1) is 0 Å². The minimum Gasteiger partial charge on any atom is -0.445 e. The number of rotatable bonds is 7. The number of hydrogen-bond acceptors (Lipinski definition) is 4. The van der Waals surface area contributed by atoms with Crippen LogP contribution in [-0.4, -0.2) is 27.8 Å². The molecule has 1 heterocycles. The van der Waals surface area contributed by atoms with E-state index in [9.17, 15) is 9.59 Å². The molecule has 2 aromatic carbocycles. The maximum absolute atomic E-state index is 12.4. The predicted molar refractivity (Wildman–Crippen MR) is 106 cm³/mol. The number of benzene rings is 2. The van der Waals surface area contributed by atoms with Gasteiger partial charge in [-0.25, -0.2) is 9.48 Å². The van der Waals surface area contributed by atoms with E-state index in [0.717, 1.165) is 11.1 Å². The normalized spacial score (nSPS) is 11.5. The van der Waals surface area contributed by atoms with E-state index >= 15 is 0 Å². The molecule has 0 spiro atoms. The van der Waals surface area contributed by atoms with Crippen LogP contribution in [0.2, 0.25) is 0 Å². The topological polar surface area (TPSA) is 85.2 Å². The van der Waals surface area contributed by atoms with Gasteiger partial charge < -0.3 is 15.4 Å². The van der Waals surface area contributed by atoms with Gasteiger partial charge in [0.25, 0.3) is 0 Å². The fraction of sp³-hybridized carbons (Fsp3) is 0.190. The Morgan fingerprint density at radius 3 is 2.32 bits per heavy atom. The number of aromatic nitrogens is 2. The molecule has 0 aliphatic carbocycles. The summed E-state index contributed by atoms with van der Waals surface area (Å²) in [5, 5.41) is 9.55. The molecule has 0 bridgehead atoms. The van der Waals surface area contributed by atoms with Crippen LogP contribution in [0.1, 0.15) is 18.1 Å². The number of alkyl carbamates (subject to hydrolysis) is 1. The number of carbonyl (C=O) groups is 2. The lowest BCUT2D eigenvalue weighted by Crippen LogP contribution is -2.42. The zero-order valence-corrected chi connectivity index (χ0v) is 15.5. The van der Waals surface area contributed by atoms with Gasteiger partial charge in [0.05, 0.1) is 12.7 Å². The number of amides is 2. The Hall–Kier alpha value is -3.61. The number of nitrogens with one attached hydrogen (secondary N) is 2. The van der Waals surface area contributed by atoms with Gasteiger partial charge in [-0.1, -0.05) is 60.7 Å². The maximum Gasteiger partial charge on any atom is 0.408 e. The van der Waals surface area contributed by atoms with Crippen molar-refractivity contribution in [3.8, 4) is 0 Å². The number of nitrogens with zero attached hydrogens (tertiary/aromatic N) is 2. The Morgan fingerprint density at radius 2 is 1.64 bits per heavy atom. The molecule has 0 fully saturated rings. The SMILES string of the molecule is C[C@H](NC(=O)OCc1ccccc1)C(=O)Nc1ccnn1Cc1ccccc1. The Balaban J connectivity index is 1.50. The first-order valence-corrected chi connectivity index (χ1v) is 8.95. The smallest absolute Gasteiger partial charge is 0.408 e. The number of anilines is 1. The van der Waals surface area contributed by atoms with Crippen LogP contribution in [0.5, 0.6) is 0 Å². The third-order valence-electron chi connectivity index (χ3n) is 4.08. The summed E-state index contributed by atoms with van der Waals surface area (Å²) >= 11 is 0. The van der Waals surface area contributed by atoms with Crippen molar-refractivity contribution in [1.29, 1.82) is 0 Å². The van der Waals surface area contributed by atoms with Gasteiger partial charge in [0, 0.05) is 6.07 Å². The van der Waals surface area contributed by atoms with Crippen molar-refractivity contribution >= 4 is 17.8 Å². The molecule has 3 rings (SSSR count). The molecule has 3 aromatic rings. The average Bonchev–Trinajstić information content (AvgIpc) is 3.14. The van der Waals surface area contributed by atoms with Gasteiger partial charge in [-0.05, 0) is 18.1 Å². The minimum atomic E-state index is -0.761. The largest absolute Gasteiger partial charge is 0.445 e. The highest BCUT2D eigenvalue weighted by Gasteiger charge is 2.18. The molecule has 28 heavy (non-hydrogen) atoms. The molecule has 1 aromatic heterocycles. The van der Waals surface area contributed by atoms with E-state index in [1.165, 1.54) is 0 Å². The lowest BCUT2D eigenvalue weighted by Gasteiger charge is -2.15. The van der Waals surface area contributed by atoms with Crippen LogP contribution in [0, 0.1) is 0 Å². The van der Waals surface area contributed by atoms with Crippen molar-refractivity contribution in [2.75, 3.05) is 5.32 Å². The van der Waals surface area contributed by atoms with Crippen molar-refractivity contribution in [3.63, 3.8) is 0 Å². The Morgan fingerprint density at radius 1 is 1.00 bits per heavy atom. The van der Waals surface area contributed by atoms with E-state index < -0.39 is 12.1 Å². The van der Waals surface area contributed by atoms with Crippen LogP contribution in [0.25, 0.3) is 0 Å². The second-order valence-electron chi connectivity index (χ2n) is 6.28. The maximum atomic E-state index is 12.4. The molecule has 0 aliphatic heterocycles. The fourth-order valence-corrected chi connectivity index (χ4v) is 2.56. The lowest BCUT2D eigenvalue weighted by atomic mass is 10.2. The number of ether oxygens (including phenoxy) is 1. The van der Waals surface area contributed by atoms with Crippen molar-refractivity contribution in [1.82, 2.24) is 15.1 Å². The monoisotopic (exact) mass is 378 g/mol. The van der Waals surface area contributed by atoms with Crippen molar-refractivity contribution in [2.24, 2.45) is 0 Å². The molecule has 0 unspecified atom stereocenters. The van der Waals surface area contributed by atoms with Crippen LogP contribution < -0.4 is 10.6 Å². The van der Waals surface area contributed by atoms with Crippen molar-refractivity contribution < 1.29 is 14.3 Å². The van der Waals surface area contributed by atoms with Gasteiger partial charge in [0.2, 0.25) is 5.91 Å². The zero-order valence-electron chi connectivity index (χ0n) is 15.5. The van der Waals surface area contributed by atoms with Gasteiger partial charge in [-0.2, -0.15) is 5.10 Å². The zero-order chi connectivity index (χ0) is 19.8. The summed E-state index contributed by atoms with van der Waals surface area (Å²) < 4.78 is 6.83. The third-order valence-corrected chi connectivity index (χ3v) is 4.08. The standard InChI is InChI=1S/C21H22N4O3/c1-16(23-21(27)28-15-18-10-6-3-7-11-18)20(26)24-19-12-13-22-25(19)14-17-8-4-2-5-9-17/h2-13,16H,14-15H2,1H3,(H,23,27)(H,24,26)/t16-/m0/s1. The average molecular weight is 378 g/mol. The summed E-state index contributed by atoms with van der Waals surface area (Å²) in [5.41, 5.74) is 1.94. The Labute approximate surface area is 163 Å². The van der Waals surface area contributed by atoms with Crippen LogP contribution in [0.4, 0.5) is 10.6 Å². The Kier molecular flexibility index (Phi) is 6.41. The van der Waals surface area contributed by atoms with E-state index in [4.69, 9.17) is 4.74 Å². The van der Waals surface area contributed by atoms with Crippen LogP contribution >= 0.6 is 0 Å². The highest BCUT2D eigenvalue weighted by atomic mass is 16.5. The molecular weight excluding hydrogens is 356 g/mol. The van der Waals surface area contributed by atoms with Gasteiger partial charge in [0.15, 0.2) is 0 Å². The first kappa shape index (κ1) is 19.2. The van der Waals surface area contributed by atoms with E-state index in [-0.39, 0.29) is 12.5 Å².